The molecule has 0 unspecified atom stereocenters. The number of carbonyl (C=O) groups is 2. The number of halogens is 1. The van der Waals surface area contributed by atoms with Crippen molar-refractivity contribution in [2.45, 2.75) is 26.6 Å². The molecule has 1 saturated heterocycles. The molecule has 0 aliphatic carbocycles. The Hall–Kier alpha value is -3.75. The maximum Gasteiger partial charge on any atom is 0.350 e. The number of cyclic esters (lactones) is 2. The molecule has 2 heterocycles. The van der Waals surface area contributed by atoms with Crippen LogP contribution in [0.2, 0.25) is 0 Å². The molecule has 29 heavy (non-hydrogen) atoms. The zero-order chi connectivity index (χ0) is 20.8. The Morgan fingerprint density at radius 3 is 2.24 bits per heavy atom. The van der Waals surface area contributed by atoms with E-state index in [1.807, 2.05) is 13.0 Å². The summed E-state index contributed by atoms with van der Waals surface area (Å²) in [6, 6.07) is 9.36. The molecule has 0 radical (unpaired) electrons. The van der Waals surface area contributed by atoms with E-state index in [0.717, 1.165) is 5.56 Å². The zero-order valence-electron chi connectivity index (χ0n) is 15.9. The van der Waals surface area contributed by atoms with Crippen LogP contribution in [0, 0.1) is 12.7 Å². The molecule has 0 amide bonds. The Morgan fingerprint density at radius 2 is 1.62 bits per heavy atom. The number of esters is 2. The minimum absolute atomic E-state index is 0.237. The van der Waals surface area contributed by atoms with Crippen LogP contribution >= 0.6 is 0 Å². The average Bonchev–Trinajstić information content (AvgIpc) is 3.03. The minimum atomic E-state index is -1.29. The summed E-state index contributed by atoms with van der Waals surface area (Å²) in [7, 11) is 0. The summed E-state index contributed by atoms with van der Waals surface area (Å²) in [4.78, 5) is 25.5. The van der Waals surface area contributed by atoms with Crippen LogP contribution in [0.15, 0.2) is 48.2 Å². The van der Waals surface area contributed by atoms with Crippen LogP contribution in [0.25, 0.3) is 16.7 Å². The van der Waals surface area contributed by atoms with Gasteiger partial charge in [-0.2, -0.15) is 4.80 Å². The number of anilines is 1. The Morgan fingerprint density at radius 1 is 1.03 bits per heavy atom. The van der Waals surface area contributed by atoms with Crippen LogP contribution in [0.5, 0.6) is 0 Å². The maximum absolute atomic E-state index is 13.1. The van der Waals surface area contributed by atoms with Crippen molar-refractivity contribution in [3.05, 3.63) is 59.6 Å². The minimum Gasteiger partial charge on any atom is -0.419 e. The van der Waals surface area contributed by atoms with E-state index in [1.165, 1.54) is 37.0 Å². The van der Waals surface area contributed by atoms with Crippen molar-refractivity contribution < 1.29 is 23.5 Å². The molecular formula is C20H17FN4O4. The van der Waals surface area contributed by atoms with Gasteiger partial charge in [-0.3, -0.25) is 0 Å². The number of hydrogen-bond donors (Lipinski definition) is 1. The lowest BCUT2D eigenvalue weighted by Crippen LogP contribution is -2.42. The second-order valence-electron chi connectivity index (χ2n) is 7.00. The largest absolute Gasteiger partial charge is 0.419 e. The molecule has 0 bridgehead atoms. The van der Waals surface area contributed by atoms with Crippen LogP contribution in [0.1, 0.15) is 19.4 Å². The van der Waals surface area contributed by atoms with E-state index >= 15 is 0 Å². The van der Waals surface area contributed by atoms with Crippen molar-refractivity contribution in [2.24, 2.45) is 0 Å². The number of benzene rings is 2. The molecule has 3 aromatic rings. The van der Waals surface area contributed by atoms with E-state index in [4.69, 9.17) is 9.47 Å². The summed E-state index contributed by atoms with van der Waals surface area (Å²) in [6.07, 6.45) is 1.25. The fourth-order valence-corrected chi connectivity index (χ4v) is 2.84. The van der Waals surface area contributed by atoms with Gasteiger partial charge in [0.1, 0.15) is 16.9 Å². The van der Waals surface area contributed by atoms with Gasteiger partial charge in [0, 0.05) is 25.7 Å². The first-order valence-corrected chi connectivity index (χ1v) is 8.79. The molecule has 2 aromatic carbocycles. The number of nitrogens with zero attached hydrogens (tertiary/aromatic N) is 3. The molecule has 148 valence electrons. The molecule has 1 aliphatic heterocycles. The second-order valence-corrected chi connectivity index (χ2v) is 7.00. The standard InChI is InChI=1S/C20H17FN4O4/c1-11-8-16-17(24-25(23-16)13-6-4-12(21)5-7-13)9-15(11)22-10-14-18(26)28-20(2,3)29-19(14)27/h4-10,22H,1-3H3. The molecule has 8 nitrogen and oxygen atoms in total. The van der Waals surface area contributed by atoms with E-state index < -0.39 is 17.7 Å². The number of rotatable bonds is 3. The zero-order valence-corrected chi connectivity index (χ0v) is 15.9. The average molecular weight is 396 g/mol. The van der Waals surface area contributed by atoms with Crippen molar-refractivity contribution >= 4 is 28.7 Å². The number of aryl methyl sites for hydroxylation is 1. The van der Waals surface area contributed by atoms with Crippen LogP contribution < -0.4 is 5.32 Å². The van der Waals surface area contributed by atoms with E-state index in [0.29, 0.717) is 22.4 Å². The lowest BCUT2D eigenvalue weighted by atomic mass is 10.1. The van der Waals surface area contributed by atoms with Crippen molar-refractivity contribution in [2.75, 3.05) is 5.32 Å². The third-order valence-corrected chi connectivity index (χ3v) is 4.27. The summed E-state index contributed by atoms with van der Waals surface area (Å²) in [5.74, 6) is -3.16. The Bertz CT molecular complexity index is 1140. The van der Waals surface area contributed by atoms with Gasteiger partial charge < -0.3 is 14.8 Å². The number of hydrogen-bond acceptors (Lipinski definition) is 7. The first-order valence-electron chi connectivity index (χ1n) is 8.79. The van der Waals surface area contributed by atoms with Gasteiger partial charge in [0.05, 0.1) is 5.69 Å². The molecule has 4 rings (SSSR count). The summed E-state index contributed by atoms with van der Waals surface area (Å²) in [5, 5.41) is 11.7. The summed E-state index contributed by atoms with van der Waals surface area (Å²) in [5.41, 5.74) is 3.05. The van der Waals surface area contributed by atoms with Crippen molar-refractivity contribution in [3.63, 3.8) is 0 Å². The number of aromatic nitrogens is 3. The Kier molecular flexibility index (Phi) is 4.30. The SMILES string of the molecule is Cc1cc2nn(-c3ccc(F)cc3)nc2cc1NC=C1C(=O)OC(C)(C)OC1=O. The third kappa shape index (κ3) is 3.66. The van der Waals surface area contributed by atoms with Crippen molar-refractivity contribution in [1.82, 2.24) is 15.0 Å². The van der Waals surface area contributed by atoms with Gasteiger partial charge in [0.2, 0.25) is 0 Å². The number of carbonyl (C=O) groups excluding carboxylic acids is 2. The summed E-state index contributed by atoms with van der Waals surface area (Å²) in [6.45, 7) is 4.81. The third-order valence-electron chi connectivity index (χ3n) is 4.27. The van der Waals surface area contributed by atoms with Crippen molar-refractivity contribution in [3.8, 4) is 5.69 Å². The van der Waals surface area contributed by atoms with Crippen LogP contribution in [0.4, 0.5) is 10.1 Å². The maximum atomic E-state index is 13.1. The lowest BCUT2D eigenvalue weighted by Gasteiger charge is -2.29. The molecule has 9 heteroatoms. The first-order chi connectivity index (χ1) is 13.7. The first kappa shape index (κ1) is 18.6. The number of ether oxygens (including phenoxy) is 2. The fraction of sp³-hybridized carbons (Fsp3) is 0.200. The van der Waals surface area contributed by atoms with Gasteiger partial charge in [0.15, 0.2) is 5.57 Å². The van der Waals surface area contributed by atoms with Crippen LogP contribution in [0.3, 0.4) is 0 Å². The number of fused-ring (bicyclic) bond motifs is 1. The van der Waals surface area contributed by atoms with E-state index in [-0.39, 0.29) is 11.4 Å². The fourth-order valence-electron chi connectivity index (χ4n) is 2.84. The normalized spacial score (nSPS) is 15.8. The summed E-state index contributed by atoms with van der Waals surface area (Å²) >= 11 is 0. The van der Waals surface area contributed by atoms with Gasteiger partial charge in [-0.05, 0) is 48.9 Å². The van der Waals surface area contributed by atoms with Gasteiger partial charge in [-0.25, -0.2) is 14.0 Å². The second kappa shape index (κ2) is 6.69. The molecule has 1 aromatic heterocycles. The lowest BCUT2D eigenvalue weighted by molar-refractivity contribution is -0.222. The van der Waals surface area contributed by atoms with Crippen LogP contribution in [-0.4, -0.2) is 32.7 Å². The summed E-state index contributed by atoms with van der Waals surface area (Å²) < 4.78 is 23.2. The van der Waals surface area contributed by atoms with Gasteiger partial charge in [-0.15, -0.1) is 10.2 Å². The van der Waals surface area contributed by atoms with Gasteiger partial charge in [0.25, 0.3) is 5.79 Å². The molecule has 1 aliphatic rings. The van der Waals surface area contributed by atoms with Gasteiger partial charge in [-0.1, -0.05) is 0 Å². The van der Waals surface area contributed by atoms with Crippen molar-refractivity contribution in [1.29, 1.82) is 0 Å². The molecular weight excluding hydrogens is 379 g/mol. The van der Waals surface area contributed by atoms with Gasteiger partial charge >= 0.3 is 11.9 Å². The van der Waals surface area contributed by atoms with E-state index in [1.54, 1.807) is 18.2 Å². The Balaban J connectivity index is 1.63. The predicted octanol–water partition coefficient (Wildman–Crippen LogP) is 3.00. The highest BCUT2D eigenvalue weighted by Gasteiger charge is 2.38. The molecule has 1 fully saturated rings. The van der Waals surface area contributed by atoms with E-state index in [2.05, 4.69) is 15.5 Å². The predicted molar refractivity (Wildman–Crippen MR) is 102 cm³/mol. The molecule has 1 N–H and O–H groups in total. The highest BCUT2D eigenvalue weighted by Crippen LogP contribution is 2.25. The highest BCUT2D eigenvalue weighted by atomic mass is 19.1. The monoisotopic (exact) mass is 396 g/mol. The highest BCUT2D eigenvalue weighted by molar-refractivity contribution is 6.15. The number of nitrogens with one attached hydrogen (secondary N) is 1. The molecule has 0 saturated carbocycles. The smallest absolute Gasteiger partial charge is 0.350 e. The quantitative estimate of drug-likeness (QED) is 0.413. The molecule has 0 spiro atoms. The molecule has 0 atom stereocenters. The topological polar surface area (TPSA) is 95.3 Å². The van der Waals surface area contributed by atoms with Crippen LogP contribution in [-0.2, 0) is 19.1 Å². The Labute approximate surface area is 164 Å². The van der Waals surface area contributed by atoms with E-state index in [9.17, 15) is 14.0 Å².